The van der Waals surface area contributed by atoms with E-state index in [2.05, 4.69) is 20.9 Å². The van der Waals surface area contributed by atoms with Crippen molar-refractivity contribution in [2.45, 2.75) is 20.0 Å². The topological polar surface area (TPSA) is 84.0 Å². The minimum Gasteiger partial charge on any atom is -0.486 e. The largest absolute Gasteiger partial charge is 0.486 e. The van der Waals surface area contributed by atoms with Gasteiger partial charge in [0.05, 0.1) is 6.54 Å². The molecule has 30 heavy (non-hydrogen) atoms. The van der Waals surface area contributed by atoms with Gasteiger partial charge >= 0.3 is 0 Å². The van der Waals surface area contributed by atoms with Crippen molar-refractivity contribution in [1.82, 2.24) is 16.0 Å². The predicted molar refractivity (Wildman–Crippen MR) is 129 cm³/mol. The number of aliphatic imine (C=N–C) groups is 1. The molecular weight excluding hydrogens is 495 g/mol. The molecule has 0 radical (unpaired) electrons. The number of hydrogen-bond acceptors (Lipinski definition) is 4. The summed E-state index contributed by atoms with van der Waals surface area (Å²) >= 11 is 0. The molecule has 7 nitrogen and oxygen atoms in total. The van der Waals surface area contributed by atoms with E-state index in [-0.39, 0.29) is 36.0 Å². The van der Waals surface area contributed by atoms with Gasteiger partial charge in [0.25, 0.3) is 5.91 Å². The maximum Gasteiger partial charge on any atom is 0.251 e. The van der Waals surface area contributed by atoms with E-state index in [1.54, 1.807) is 0 Å². The molecule has 2 aromatic rings. The molecule has 162 valence electrons. The van der Waals surface area contributed by atoms with Crippen molar-refractivity contribution in [1.29, 1.82) is 0 Å². The molecule has 3 rings (SSSR count). The number of rotatable bonds is 7. The van der Waals surface area contributed by atoms with Crippen molar-refractivity contribution in [3.8, 4) is 11.5 Å². The molecule has 3 N–H and O–H groups in total. The van der Waals surface area contributed by atoms with Crippen LogP contribution in [0.5, 0.6) is 11.5 Å². The first-order chi connectivity index (χ1) is 14.2. The first-order valence-electron chi connectivity index (χ1n) is 9.91. The molecule has 2 aromatic carbocycles. The van der Waals surface area contributed by atoms with Gasteiger partial charge in [-0.05, 0) is 38.1 Å². The van der Waals surface area contributed by atoms with Crippen LogP contribution in [0, 0.1) is 6.92 Å². The third-order valence-corrected chi connectivity index (χ3v) is 4.35. The van der Waals surface area contributed by atoms with Gasteiger partial charge in [-0.15, -0.1) is 24.0 Å². The number of para-hydroxylation sites is 2. The fourth-order valence-corrected chi connectivity index (χ4v) is 2.93. The summed E-state index contributed by atoms with van der Waals surface area (Å²) < 4.78 is 11.7. The maximum atomic E-state index is 12.2. The van der Waals surface area contributed by atoms with Gasteiger partial charge in [-0.1, -0.05) is 29.8 Å². The number of nitrogens with one attached hydrogen (secondary N) is 3. The number of halogens is 1. The van der Waals surface area contributed by atoms with Crippen molar-refractivity contribution in [2.75, 3.05) is 32.8 Å². The molecule has 0 bridgehead atoms. The van der Waals surface area contributed by atoms with Crippen LogP contribution in [0.25, 0.3) is 0 Å². The van der Waals surface area contributed by atoms with E-state index < -0.39 is 0 Å². The zero-order valence-electron chi connectivity index (χ0n) is 17.3. The minimum atomic E-state index is -0.138. The van der Waals surface area contributed by atoms with Gasteiger partial charge in [-0.3, -0.25) is 4.79 Å². The van der Waals surface area contributed by atoms with E-state index in [0.29, 0.717) is 37.8 Å². The van der Waals surface area contributed by atoms with Crippen LogP contribution in [0.2, 0.25) is 0 Å². The van der Waals surface area contributed by atoms with Crippen LogP contribution in [-0.2, 0) is 0 Å². The number of fused-ring (bicyclic) bond motifs is 1. The summed E-state index contributed by atoms with van der Waals surface area (Å²) in [6.45, 7) is 6.71. The summed E-state index contributed by atoms with van der Waals surface area (Å²) in [7, 11) is 0. The highest BCUT2D eigenvalue weighted by molar-refractivity contribution is 14.0. The monoisotopic (exact) mass is 524 g/mol. The minimum absolute atomic E-state index is 0. The zero-order valence-corrected chi connectivity index (χ0v) is 19.6. The molecule has 0 spiro atoms. The van der Waals surface area contributed by atoms with E-state index >= 15 is 0 Å². The lowest BCUT2D eigenvalue weighted by atomic mass is 10.1. The number of hydrogen-bond donors (Lipinski definition) is 3. The molecule has 1 aliphatic rings. The van der Waals surface area contributed by atoms with Crippen LogP contribution in [0.4, 0.5) is 0 Å². The summed E-state index contributed by atoms with van der Waals surface area (Å²) in [5.74, 6) is 2.11. The molecular formula is C22H29IN4O3. The predicted octanol–water partition coefficient (Wildman–Crippen LogP) is 2.74. The lowest BCUT2D eigenvalue weighted by Crippen LogP contribution is -2.42. The zero-order chi connectivity index (χ0) is 20.5. The number of benzene rings is 2. The van der Waals surface area contributed by atoms with Crippen LogP contribution < -0.4 is 25.4 Å². The van der Waals surface area contributed by atoms with Crippen LogP contribution in [0.15, 0.2) is 53.5 Å². The molecule has 0 aliphatic carbocycles. The molecule has 8 heteroatoms. The third-order valence-electron chi connectivity index (χ3n) is 4.35. The highest BCUT2D eigenvalue weighted by Crippen LogP contribution is 2.30. The quantitative estimate of drug-likeness (QED) is 0.225. The molecule has 1 atom stereocenters. The van der Waals surface area contributed by atoms with Crippen molar-refractivity contribution >= 4 is 35.8 Å². The van der Waals surface area contributed by atoms with Crippen LogP contribution in [-0.4, -0.2) is 50.8 Å². The van der Waals surface area contributed by atoms with E-state index in [4.69, 9.17) is 9.47 Å². The van der Waals surface area contributed by atoms with Gasteiger partial charge in [-0.2, -0.15) is 0 Å². The number of ether oxygens (including phenoxy) is 2. The van der Waals surface area contributed by atoms with Crippen molar-refractivity contribution < 1.29 is 14.3 Å². The molecule has 0 fully saturated rings. The van der Waals surface area contributed by atoms with Gasteiger partial charge in [-0.25, -0.2) is 4.99 Å². The average molecular weight is 524 g/mol. The Labute approximate surface area is 194 Å². The standard InChI is InChI=1S/C22H28N4O3.HI/c1-3-23-22(25-12-11-24-21(27)17-8-6-7-16(2)13-17)26-14-18-15-28-19-9-4-5-10-20(19)29-18;/h4-10,13,18H,3,11-12,14-15H2,1-2H3,(H,24,27)(H2,23,25,26);1H. The van der Waals surface area contributed by atoms with Crippen molar-refractivity contribution in [2.24, 2.45) is 4.99 Å². The van der Waals surface area contributed by atoms with E-state index in [0.717, 1.165) is 23.6 Å². The lowest BCUT2D eigenvalue weighted by molar-refractivity contribution is 0.0954. The molecule has 1 aliphatic heterocycles. The Morgan fingerprint density at radius 1 is 1.07 bits per heavy atom. The Hall–Kier alpha value is -2.49. The van der Waals surface area contributed by atoms with E-state index in [9.17, 15) is 4.79 Å². The van der Waals surface area contributed by atoms with Gasteiger partial charge < -0.3 is 25.4 Å². The van der Waals surface area contributed by atoms with Gasteiger partial charge in [0, 0.05) is 25.2 Å². The Morgan fingerprint density at radius 3 is 2.60 bits per heavy atom. The number of amides is 1. The van der Waals surface area contributed by atoms with Crippen molar-refractivity contribution in [3.05, 3.63) is 59.7 Å². The molecule has 1 heterocycles. The van der Waals surface area contributed by atoms with Crippen LogP contribution in [0.3, 0.4) is 0 Å². The summed E-state index contributed by atoms with van der Waals surface area (Å²) in [5.41, 5.74) is 1.73. The highest BCUT2D eigenvalue weighted by atomic mass is 127. The summed E-state index contributed by atoms with van der Waals surface area (Å²) in [6, 6.07) is 15.2. The van der Waals surface area contributed by atoms with E-state index in [1.165, 1.54) is 0 Å². The maximum absolute atomic E-state index is 12.2. The van der Waals surface area contributed by atoms with Crippen LogP contribution >= 0.6 is 24.0 Å². The second-order valence-corrected chi connectivity index (χ2v) is 6.77. The Balaban J connectivity index is 0.00000320. The Bertz CT molecular complexity index is 860. The first-order valence-corrected chi connectivity index (χ1v) is 9.91. The Kier molecular flexibility index (Phi) is 9.72. The molecule has 0 saturated carbocycles. The fourth-order valence-electron chi connectivity index (χ4n) is 2.93. The molecule has 1 amide bonds. The molecule has 0 saturated heterocycles. The average Bonchev–Trinajstić information content (AvgIpc) is 2.74. The SMILES string of the molecule is CCNC(=NCC1COc2ccccc2O1)NCCNC(=O)c1cccc(C)c1.I. The molecule has 1 unspecified atom stereocenters. The van der Waals surface area contributed by atoms with Crippen LogP contribution in [0.1, 0.15) is 22.8 Å². The number of carbonyl (C=O) groups excluding carboxylic acids is 1. The number of aryl methyl sites for hydroxylation is 1. The second kappa shape index (κ2) is 12.3. The highest BCUT2D eigenvalue weighted by Gasteiger charge is 2.20. The van der Waals surface area contributed by atoms with Gasteiger partial charge in [0.2, 0.25) is 0 Å². The van der Waals surface area contributed by atoms with Crippen molar-refractivity contribution in [3.63, 3.8) is 0 Å². The summed E-state index contributed by atoms with van der Waals surface area (Å²) in [6.07, 6.45) is -0.138. The number of guanidine groups is 1. The third kappa shape index (κ3) is 7.08. The Morgan fingerprint density at radius 2 is 1.83 bits per heavy atom. The summed E-state index contributed by atoms with van der Waals surface area (Å²) in [4.78, 5) is 16.8. The first kappa shape index (κ1) is 23.8. The van der Waals surface area contributed by atoms with Gasteiger partial charge in [0.15, 0.2) is 23.6 Å². The van der Waals surface area contributed by atoms with E-state index in [1.807, 2.05) is 62.4 Å². The molecule has 0 aromatic heterocycles. The van der Waals surface area contributed by atoms with Gasteiger partial charge in [0.1, 0.15) is 6.61 Å². The smallest absolute Gasteiger partial charge is 0.251 e. The number of nitrogens with zero attached hydrogens (tertiary/aromatic N) is 1. The lowest BCUT2D eigenvalue weighted by Gasteiger charge is -2.25. The fraction of sp³-hybridized carbons (Fsp3) is 0.364. The second-order valence-electron chi connectivity index (χ2n) is 6.77. The number of carbonyl (C=O) groups is 1. The summed E-state index contributed by atoms with van der Waals surface area (Å²) in [5, 5.41) is 9.34. The normalized spacial score (nSPS) is 15.0.